The third-order valence-corrected chi connectivity index (χ3v) is 4.95. The molecule has 1 aromatic rings. The maximum atomic E-state index is 11.9. The second-order valence-electron chi connectivity index (χ2n) is 4.01. The summed E-state index contributed by atoms with van der Waals surface area (Å²) in [5.74, 6) is 0. The first-order chi connectivity index (χ1) is 8.06. The van der Waals surface area contributed by atoms with Gasteiger partial charge in [0.2, 0.25) is 10.0 Å². The highest BCUT2D eigenvalue weighted by Gasteiger charge is 2.19. The molecule has 0 bridgehead atoms. The summed E-state index contributed by atoms with van der Waals surface area (Å²) in [6, 6.07) is 1.92. The average molecular weight is 276 g/mol. The van der Waals surface area contributed by atoms with Gasteiger partial charge < -0.3 is 5.32 Å². The third-order valence-electron chi connectivity index (χ3n) is 2.45. The van der Waals surface area contributed by atoms with Crippen LogP contribution in [0, 0.1) is 0 Å². The predicted octanol–water partition coefficient (Wildman–Crippen LogP) is 1.56. The van der Waals surface area contributed by atoms with E-state index in [1.165, 1.54) is 0 Å². The summed E-state index contributed by atoms with van der Waals surface area (Å²) in [5, 5.41) is 6.59. The fraction of sp³-hybridized carbons (Fsp3) is 0.636. The summed E-state index contributed by atoms with van der Waals surface area (Å²) in [7, 11) is -3.22. The van der Waals surface area contributed by atoms with Gasteiger partial charge in [0.15, 0.2) is 0 Å². The van der Waals surface area contributed by atoms with E-state index >= 15 is 0 Å². The van der Waals surface area contributed by atoms with Gasteiger partial charge in [-0.05, 0) is 42.3 Å². The van der Waals surface area contributed by atoms with Crippen LogP contribution in [0.1, 0.15) is 25.8 Å². The van der Waals surface area contributed by atoms with Crippen LogP contribution in [0.4, 0.5) is 0 Å². The van der Waals surface area contributed by atoms with E-state index in [0.29, 0.717) is 13.1 Å². The van der Waals surface area contributed by atoms with E-state index in [4.69, 9.17) is 0 Å². The Morgan fingerprint density at radius 2 is 2.24 bits per heavy atom. The zero-order valence-electron chi connectivity index (χ0n) is 10.3. The first-order valence-corrected chi connectivity index (χ1v) is 8.25. The van der Waals surface area contributed by atoms with Crippen LogP contribution in [0.25, 0.3) is 0 Å². The monoisotopic (exact) mass is 276 g/mol. The Hall–Kier alpha value is -0.430. The lowest BCUT2D eigenvalue weighted by atomic mass is 10.4. The van der Waals surface area contributed by atoms with Gasteiger partial charge in [-0.15, -0.1) is 0 Å². The van der Waals surface area contributed by atoms with Crippen molar-refractivity contribution in [2.75, 3.05) is 13.1 Å². The van der Waals surface area contributed by atoms with E-state index < -0.39 is 15.3 Å². The van der Waals surface area contributed by atoms with Gasteiger partial charge in [-0.2, -0.15) is 11.3 Å². The van der Waals surface area contributed by atoms with E-state index in [0.717, 1.165) is 18.5 Å². The minimum Gasteiger partial charge on any atom is -0.315 e. The van der Waals surface area contributed by atoms with E-state index in [1.807, 2.05) is 16.8 Å². The molecule has 0 spiro atoms. The number of thiophene rings is 1. The maximum Gasteiger partial charge on any atom is 0.215 e. The summed E-state index contributed by atoms with van der Waals surface area (Å²) in [4.78, 5) is 0. The number of hydrogen-bond acceptors (Lipinski definition) is 4. The van der Waals surface area contributed by atoms with Gasteiger partial charge in [0.05, 0.1) is 5.25 Å². The molecule has 0 aromatic carbocycles. The highest BCUT2D eigenvalue weighted by molar-refractivity contribution is 7.90. The first-order valence-electron chi connectivity index (χ1n) is 5.76. The summed E-state index contributed by atoms with van der Waals surface area (Å²) >= 11 is 1.57. The molecule has 0 saturated heterocycles. The summed E-state index contributed by atoms with van der Waals surface area (Å²) < 4.78 is 26.4. The van der Waals surface area contributed by atoms with Crippen molar-refractivity contribution in [3.05, 3.63) is 22.4 Å². The Morgan fingerprint density at radius 3 is 2.82 bits per heavy atom. The Labute approximate surface area is 107 Å². The smallest absolute Gasteiger partial charge is 0.215 e. The predicted molar refractivity (Wildman–Crippen MR) is 72.7 cm³/mol. The molecule has 0 saturated carbocycles. The normalized spacial score (nSPS) is 13.8. The molecule has 1 rings (SSSR count). The Bertz CT molecular complexity index is 401. The van der Waals surface area contributed by atoms with Crippen LogP contribution in [0.15, 0.2) is 16.8 Å². The molecule has 1 unspecified atom stereocenters. The number of rotatable bonds is 8. The fourth-order valence-corrected chi connectivity index (χ4v) is 2.97. The quantitative estimate of drug-likeness (QED) is 0.708. The number of nitrogens with one attached hydrogen (secondary N) is 2. The molecule has 0 aliphatic carbocycles. The van der Waals surface area contributed by atoms with Crippen molar-refractivity contribution in [1.29, 1.82) is 0 Å². The van der Waals surface area contributed by atoms with Crippen LogP contribution in [0.3, 0.4) is 0 Å². The van der Waals surface area contributed by atoms with E-state index in [-0.39, 0.29) is 0 Å². The van der Waals surface area contributed by atoms with Crippen LogP contribution >= 0.6 is 11.3 Å². The van der Waals surface area contributed by atoms with Gasteiger partial charge in [0.25, 0.3) is 0 Å². The second-order valence-corrected chi connectivity index (χ2v) is 6.98. The van der Waals surface area contributed by atoms with Gasteiger partial charge in [0, 0.05) is 13.1 Å². The largest absolute Gasteiger partial charge is 0.315 e. The van der Waals surface area contributed by atoms with E-state index in [1.54, 1.807) is 18.3 Å². The standard InChI is InChI=1S/C11H20N2O2S2/c1-3-5-12-7-10(2)17(14,15)13-8-11-4-6-16-9-11/h4,6,9-10,12-13H,3,5,7-8H2,1-2H3. The minimum atomic E-state index is -3.22. The van der Waals surface area contributed by atoms with Crippen molar-refractivity contribution in [3.8, 4) is 0 Å². The lowest BCUT2D eigenvalue weighted by molar-refractivity contribution is 0.557. The Kier molecular flexibility index (Phi) is 6.11. The zero-order valence-corrected chi connectivity index (χ0v) is 11.9. The number of sulfonamides is 1. The highest BCUT2D eigenvalue weighted by Crippen LogP contribution is 2.06. The molecule has 4 nitrogen and oxygen atoms in total. The molecule has 0 radical (unpaired) electrons. The van der Waals surface area contributed by atoms with Crippen LogP contribution < -0.4 is 10.0 Å². The molecule has 17 heavy (non-hydrogen) atoms. The van der Waals surface area contributed by atoms with Gasteiger partial charge >= 0.3 is 0 Å². The lowest BCUT2D eigenvalue weighted by Gasteiger charge is -2.14. The van der Waals surface area contributed by atoms with E-state index in [9.17, 15) is 8.42 Å². The topological polar surface area (TPSA) is 58.2 Å². The van der Waals surface area contributed by atoms with E-state index in [2.05, 4.69) is 17.0 Å². The summed E-state index contributed by atoms with van der Waals surface area (Å²) in [6.45, 7) is 5.50. The fourth-order valence-electron chi connectivity index (χ4n) is 1.31. The lowest BCUT2D eigenvalue weighted by Crippen LogP contribution is -2.38. The molecular weight excluding hydrogens is 256 g/mol. The third kappa shape index (κ3) is 5.16. The van der Waals surface area contributed by atoms with Crippen LogP contribution in [0.5, 0.6) is 0 Å². The molecule has 1 heterocycles. The van der Waals surface area contributed by atoms with Gasteiger partial charge in [0.1, 0.15) is 0 Å². The van der Waals surface area contributed by atoms with Gasteiger partial charge in [-0.25, -0.2) is 13.1 Å². The number of hydrogen-bond donors (Lipinski definition) is 2. The van der Waals surface area contributed by atoms with Crippen LogP contribution in [-0.2, 0) is 16.6 Å². The Morgan fingerprint density at radius 1 is 1.47 bits per heavy atom. The SMILES string of the molecule is CCCNCC(C)S(=O)(=O)NCc1ccsc1. The van der Waals surface area contributed by atoms with Crippen molar-refractivity contribution < 1.29 is 8.42 Å². The van der Waals surface area contributed by atoms with Crippen molar-refractivity contribution in [1.82, 2.24) is 10.0 Å². The molecular formula is C11H20N2O2S2. The molecule has 1 atom stereocenters. The molecule has 0 amide bonds. The molecule has 6 heteroatoms. The van der Waals surface area contributed by atoms with Crippen molar-refractivity contribution in [2.45, 2.75) is 32.1 Å². The molecule has 98 valence electrons. The van der Waals surface area contributed by atoms with Crippen molar-refractivity contribution >= 4 is 21.4 Å². The van der Waals surface area contributed by atoms with Crippen molar-refractivity contribution in [3.63, 3.8) is 0 Å². The highest BCUT2D eigenvalue weighted by atomic mass is 32.2. The second kappa shape index (κ2) is 7.10. The molecule has 0 aliphatic rings. The van der Waals surface area contributed by atoms with Gasteiger partial charge in [-0.3, -0.25) is 0 Å². The van der Waals surface area contributed by atoms with Crippen LogP contribution in [-0.4, -0.2) is 26.8 Å². The maximum absolute atomic E-state index is 11.9. The molecule has 0 fully saturated rings. The molecule has 0 aliphatic heterocycles. The Balaban J connectivity index is 2.39. The first kappa shape index (κ1) is 14.6. The molecule has 2 N–H and O–H groups in total. The van der Waals surface area contributed by atoms with Crippen molar-refractivity contribution in [2.24, 2.45) is 0 Å². The zero-order chi connectivity index (χ0) is 12.7. The molecule has 1 aromatic heterocycles. The minimum absolute atomic E-state index is 0.379. The summed E-state index contributed by atoms with van der Waals surface area (Å²) in [6.07, 6.45) is 1.01. The van der Waals surface area contributed by atoms with Gasteiger partial charge in [-0.1, -0.05) is 6.92 Å². The average Bonchev–Trinajstić information content (AvgIpc) is 2.79. The summed E-state index contributed by atoms with van der Waals surface area (Å²) in [5.41, 5.74) is 1.01. The van der Waals surface area contributed by atoms with Crippen LogP contribution in [0.2, 0.25) is 0 Å².